The van der Waals surface area contributed by atoms with E-state index in [0.29, 0.717) is 11.6 Å². The van der Waals surface area contributed by atoms with Crippen molar-refractivity contribution < 1.29 is 4.79 Å². The number of nitrogens with one attached hydrogen (secondary N) is 2. The molecule has 0 atom stereocenters. The van der Waals surface area contributed by atoms with Gasteiger partial charge in [0.05, 0.1) is 5.75 Å². The first-order valence-corrected chi connectivity index (χ1v) is 8.65. The molecule has 1 heterocycles. The van der Waals surface area contributed by atoms with Crippen LogP contribution in [-0.4, -0.2) is 21.6 Å². The summed E-state index contributed by atoms with van der Waals surface area (Å²) < 4.78 is 0. The average Bonchev–Trinajstić information content (AvgIpc) is 2.60. The number of amides is 1. The first-order chi connectivity index (χ1) is 11.7. The van der Waals surface area contributed by atoms with Gasteiger partial charge >= 0.3 is 0 Å². The topological polar surface area (TPSA) is 74.8 Å². The highest BCUT2D eigenvalue weighted by Crippen LogP contribution is 2.23. The molecule has 1 aromatic heterocycles. The molecule has 6 heteroatoms. The minimum atomic E-state index is -0.196. The van der Waals surface area contributed by atoms with Crippen LogP contribution in [0.3, 0.4) is 0 Å². The number of H-pyrrole nitrogens is 1. The lowest BCUT2D eigenvalue weighted by atomic mass is 10.1. The molecule has 5 nitrogen and oxygen atoms in total. The summed E-state index contributed by atoms with van der Waals surface area (Å²) in [7, 11) is 0. The summed E-state index contributed by atoms with van der Waals surface area (Å²) >= 11 is 1.22. The van der Waals surface area contributed by atoms with Crippen LogP contribution in [0, 0.1) is 0 Å². The smallest absolute Gasteiger partial charge is 0.251 e. The Balaban J connectivity index is 1.69. The highest BCUT2D eigenvalue weighted by atomic mass is 32.2. The average molecular weight is 339 g/mol. The Morgan fingerprint density at radius 2 is 2.00 bits per heavy atom. The molecule has 3 rings (SSSR count). The van der Waals surface area contributed by atoms with Gasteiger partial charge in [-0.05, 0) is 17.9 Å². The van der Waals surface area contributed by atoms with Crippen molar-refractivity contribution in [1.82, 2.24) is 9.97 Å². The number of thioether (sulfide) groups is 1. The van der Waals surface area contributed by atoms with Crippen LogP contribution in [-0.2, 0) is 11.2 Å². The van der Waals surface area contributed by atoms with Crippen molar-refractivity contribution in [2.45, 2.75) is 18.5 Å². The fraction of sp³-hybridized carbons (Fsp3) is 0.167. The highest BCUT2D eigenvalue weighted by Gasteiger charge is 2.08. The van der Waals surface area contributed by atoms with E-state index in [0.717, 1.165) is 22.2 Å². The summed E-state index contributed by atoms with van der Waals surface area (Å²) in [4.78, 5) is 30.7. The van der Waals surface area contributed by atoms with E-state index in [-0.39, 0.29) is 17.2 Å². The minimum absolute atomic E-state index is 0.138. The van der Waals surface area contributed by atoms with Gasteiger partial charge in [0.2, 0.25) is 5.91 Å². The quantitative estimate of drug-likeness (QED) is 0.553. The molecule has 0 saturated heterocycles. The summed E-state index contributed by atoms with van der Waals surface area (Å²) in [6.07, 6.45) is 0.680. The van der Waals surface area contributed by atoms with Crippen LogP contribution in [0.4, 0.5) is 5.69 Å². The molecule has 1 amide bonds. The number of fused-ring (bicyclic) bond motifs is 1. The molecule has 122 valence electrons. The monoisotopic (exact) mass is 339 g/mol. The molecule has 0 aliphatic heterocycles. The zero-order valence-corrected chi connectivity index (χ0v) is 14.0. The van der Waals surface area contributed by atoms with Gasteiger partial charge < -0.3 is 10.3 Å². The number of benzene rings is 2. The summed E-state index contributed by atoms with van der Waals surface area (Å²) in [6.45, 7) is 1.93. The molecule has 0 aliphatic rings. The fourth-order valence-corrected chi connectivity index (χ4v) is 3.08. The number of carbonyl (C=O) groups excluding carboxylic acids is 1. The number of hydrogen-bond acceptors (Lipinski definition) is 4. The van der Waals surface area contributed by atoms with Crippen molar-refractivity contribution in [3.63, 3.8) is 0 Å². The number of aromatic amines is 1. The maximum atomic E-state index is 12.2. The lowest BCUT2D eigenvalue weighted by Gasteiger charge is -2.08. The molecule has 0 fully saturated rings. The number of carbonyl (C=O) groups is 1. The van der Waals surface area contributed by atoms with Gasteiger partial charge in [0.1, 0.15) is 0 Å². The Morgan fingerprint density at radius 3 is 2.83 bits per heavy atom. The van der Waals surface area contributed by atoms with E-state index < -0.39 is 0 Å². The van der Waals surface area contributed by atoms with Crippen LogP contribution in [0.5, 0.6) is 0 Å². The molecular formula is C18H17N3O2S. The minimum Gasteiger partial charge on any atom is -0.325 e. The number of hydrogen-bond donors (Lipinski definition) is 2. The van der Waals surface area contributed by atoms with Gasteiger partial charge in [0, 0.05) is 22.8 Å². The predicted octanol–water partition coefficient (Wildman–Crippen LogP) is 3.22. The number of anilines is 1. The third-order valence-corrected chi connectivity index (χ3v) is 4.41. The lowest BCUT2D eigenvalue weighted by molar-refractivity contribution is -0.113. The number of nitrogens with zero attached hydrogens (tertiary/aromatic N) is 1. The van der Waals surface area contributed by atoms with Crippen LogP contribution < -0.4 is 10.9 Å². The Labute approximate surface area is 143 Å². The zero-order valence-electron chi connectivity index (χ0n) is 13.2. The highest BCUT2D eigenvalue weighted by molar-refractivity contribution is 7.99. The second kappa shape index (κ2) is 7.31. The van der Waals surface area contributed by atoms with Gasteiger partial charge in [-0.15, -0.1) is 0 Å². The summed E-state index contributed by atoms with van der Waals surface area (Å²) in [5.74, 6) is 0.0418. The largest absolute Gasteiger partial charge is 0.325 e. The second-order valence-electron chi connectivity index (χ2n) is 5.26. The van der Waals surface area contributed by atoms with Crippen LogP contribution in [0.2, 0.25) is 0 Å². The maximum Gasteiger partial charge on any atom is 0.251 e. The van der Waals surface area contributed by atoms with Crippen LogP contribution >= 0.6 is 11.8 Å². The van der Waals surface area contributed by atoms with E-state index >= 15 is 0 Å². The standard InChI is InChI=1S/C18H17N3O2S/c1-2-13-10-16(22)21-18(19-13)24-11-17(23)20-15-9-5-7-12-6-3-4-8-14(12)15/h3-10H,2,11H2,1H3,(H,20,23)(H,19,21,22). The molecule has 0 radical (unpaired) electrons. The molecule has 0 saturated carbocycles. The first-order valence-electron chi connectivity index (χ1n) is 7.66. The molecule has 3 aromatic rings. The number of rotatable bonds is 5. The summed E-state index contributed by atoms with van der Waals surface area (Å²) in [6, 6.07) is 15.2. The molecular weight excluding hydrogens is 322 g/mol. The molecule has 0 bridgehead atoms. The van der Waals surface area contributed by atoms with E-state index in [2.05, 4.69) is 15.3 Å². The van der Waals surface area contributed by atoms with Crippen molar-refractivity contribution in [1.29, 1.82) is 0 Å². The van der Waals surface area contributed by atoms with E-state index in [1.54, 1.807) is 0 Å². The first kappa shape index (κ1) is 16.3. The third kappa shape index (κ3) is 3.83. The number of aromatic nitrogens is 2. The van der Waals surface area contributed by atoms with Gasteiger partial charge in [-0.25, -0.2) is 4.98 Å². The zero-order chi connectivity index (χ0) is 16.9. The lowest BCUT2D eigenvalue weighted by Crippen LogP contribution is -2.16. The predicted molar refractivity (Wildman–Crippen MR) is 97.5 cm³/mol. The Morgan fingerprint density at radius 1 is 1.21 bits per heavy atom. The van der Waals surface area contributed by atoms with Crippen LogP contribution in [0.1, 0.15) is 12.6 Å². The Bertz CT molecular complexity index is 931. The Kier molecular flexibility index (Phi) is 4.96. The van der Waals surface area contributed by atoms with Gasteiger partial charge in [0.25, 0.3) is 5.56 Å². The molecule has 2 aromatic carbocycles. The third-order valence-electron chi connectivity index (χ3n) is 3.54. The van der Waals surface area contributed by atoms with Crippen molar-refractivity contribution in [2.24, 2.45) is 0 Å². The van der Waals surface area contributed by atoms with Crippen molar-refractivity contribution in [3.05, 3.63) is 64.6 Å². The van der Waals surface area contributed by atoms with Crippen molar-refractivity contribution in [3.8, 4) is 0 Å². The molecule has 2 N–H and O–H groups in total. The second-order valence-corrected chi connectivity index (χ2v) is 6.22. The fourth-order valence-electron chi connectivity index (χ4n) is 2.39. The summed E-state index contributed by atoms with van der Waals surface area (Å²) in [5, 5.41) is 5.46. The van der Waals surface area contributed by atoms with Gasteiger partial charge in [-0.3, -0.25) is 9.59 Å². The Hall–Kier alpha value is -2.60. The normalized spacial score (nSPS) is 10.7. The van der Waals surface area contributed by atoms with Gasteiger partial charge in [-0.1, -0.05) is 55.1 Å². The van der Waals surface area contributed by atoms with Crippen LogP contribution in [0.25, 0.3) is 10.8 Å². The molecule has 0 unspecified atom stereocenters. The van der Waals surface area contributed by atoms with Crippen molar-refractivity contribution >= 4 is 34.1 Å². The molecule has 24 heavy (non-hydrogen) atoms. The van der Waals surface area contributed by atoms with Crippen molar-refractivity contribution in [2.75, 3.05) is 11.1 Å². The van der Waals surface area contributed by atoms with Gasteiger partial charge in [-0.2, -0.15) is 0 Å². The van der Waals surface area contributed by atoms with E-state index in [1.165, 1.54) is 17.8 Å². The molecule has 0 aliphatic carbocycles. The summed E-state index contributed by atoms with van der Waals surface area (Å²) in [5.41, 5.74) is 1.30. The number of aryl methyl sites for hydroxylation is 1. The van der Waals surface area contributed by atoms with Gasteiger partial charge in [0.15, 0.2) is 5.16 Å². The van der Waals surface area contributed by atoms with E-state index in [4.69, 9.17) is 0 Å². The maximum absolute atomic E-state index is 12.2. The van der Waals surface area contributed by atoms with E-state index in [9.17, 15) is 9.59 Å². The van der Waals surface area contributed by atoms with Crippen LogP contribution in [0.15, 0.2) is 58.5 Å². The molecule has 0 spiro atoms. The van der Waals surface area contributed by atoms with E-state index in [1.807, 2.05) is 49.4 Å². The SMILES string of the molecule is CCc1cc(=O)[nH]c(SCC(=O)Nc2cccc3ccccc23)n1.